The Morgan fingerprint density at radius 3 is 1.15 bits per heavy atom. The number of hydrogen-bond acceptors (Lipinski definition) is 3. The van der Waals surface area contributed by atoms with Crippen LogP contribution in [0.1, 0.15) is 131 Å². The van der Waals surface area contributed by atoms with Crippen LogP contribution in [0.15, 0.2) is 46.2 Å². The molecule has 0 amide bonds. The molecule has 0 saturated carbocycles. The van der Waals surface area contributed by atoms with Crippen molar-refractivity contribution in [1.29, 1.82) is 0 Å². The van der Waals surface area contributed by atoms with E-state index >= 15 is 0 Å². The molecule has 2 aromatic rings. The van der Waals surface area contributed by atoms with Gasteiger partial charge in [0.1, 0.15) is 11.5 Å². The summed E-state index contributed by atoms with van der Waals surface area (Å²) in [5.74, 6) is 5.73. The Morgan fingerprint density at radius 1 is 0.487 bits per heavy atom. The normalized spacial score (nSPS) is 16.7. The molecule has 2 nitrogen and oxygen atoms in total. The van der Waals surface area contributed by atoms with Gasteiger partial charge in [0.25, 0.3) is 0 Å². The molecular weight excluding hydrogens is 496 g/mol. The lowest BCUT2D eigenvalue weighted by Gasteiger charge is -2.23. The Bertz CT molecular complexity index is 918. The zero-order valence-corrected chi connectivity index (χ0v) is 27.4. The largest absolute Gasteiger partial charge is 0.507 e. The lowest BCUT2D eigenvalue weighted by atomic mass is 9.84. The van der Waals surface area contributed by atoms with Gasteiger partial charge in [0.05, 0.1) is 9.79 Å². The van der Waals surface area contributed by atoms with Gasteiger partial charge in [0.15, 0.2) is 0 Å². The molecule has 0 heterocycles. The number of benzene rings is 2. The second kappa shape index (κ2) is 16.0. The molecule has 2 aromatic carbocycles. The number of aromatic hydroxyl groups is 2. The average molecular weight is 555 g/mol. The van der Waals surface area contributed by atoms with Crippen LogP contribution in [-0.4, -0.2) is 10.2 Å². The van der Waals surface area contributed by atoms with Gasteiger partial charge >= 0.3 is 0 Å². The average Bonchev–Trinajstić information content (AvgIpc) is 2.80. The first-order valence-corrected chi connectivity index (χ1v) is 16.4. The lowest BCUT2D eigenvalue weighted by molar-refractivity contribution is 0.333. The van der Waals surface area contributed by atoms with Gasteiger partial charge in [-0.15, -0.1) is 0 Å². The first kappa shape index (κ1) is 33.6. The van der Waals surface area contributed by atoms with Crippen molar-refractivity contribution in [3.63, 3.8) is 0 Å². The van der Waals surface area contributed by atoms with Gasteiger partial charge in [-0.3, -0.25) is 0 Å². The van der Waals surface area contributed by atoms with Gasteiger partial charge in [0, 0.05) is 0 Å². The molecule has 39 heavy (non-hydrogen) atoms. The molecule has 6 unspecified atom stereocenters. The van der Waals surface area contributed by atoms with Gasteiger partial charge in [-0.05, 0) is 121 Å². The summed E-state index contributed by atoms with van der Waals surface area (Å²) in [6, 6.07) is 12.0. The van der Waals surface area contributed by atoms with E-state index in [0.29, 0.717) is 23.7 Å². The molecule has 0 aromatic heterocycles. The molecule has 0 aliphatic rings. The molecule has 3 heteroatoms. The fraction of sp³-hybridized carbons (Fsp3) is 0.667. The van der Waals surface area contributed by atoms with Crippen LogP contribution in [-0.2, 0) is 0 Å². The molecule has 0 radical (unpaired) electrons. The standard InChI is InChI=1S/C36H58O2S/c1-23(2)15-25(5)17-27(7)19-29(9)31-11-13-33(37)35(21-31)39-36-22-32(12-14-34(36)38)30(10)20-28(8)18-26(6)16-24(3)4/h11-14,21-30,37-38H,15-20H2,1-10H3. The quantitative estimate of drug-likeness (QED) is 0.217. The Morgan fingerprint density at radius 2 is 0.821 bits per heavy atom. The minimum Gasteiger partial charge on any atom is -0.507 e. The van der Waals surface area contributed by atoms with Gasteiger partial charge in [-0.2, -0.15) is 0 Å². The van der Waals surface area contributed by atoms with Gasteiger partial charge < -0.3 is 10.2 Å². The monoisotopic (exact) mass is 554 g/mol. The first-order valence-electron chi connectivity index (χ1n) is 15.6. The smallest absolute Gasteiger partial charge is 0.129 e. The third-order valence-electron chi connectivity index (χ3n) is 8.19. The summed E-state index contributed by atoms with van der Waals surface area (Å²) in [5.41, 5.74) is 2.51. The predicted octanol–water partition coefficient (Wildman–Crippen LogP) is 11.7. The topological polar surface area (TPSA) is 40.5 Å². The summed E-state index contributed by atoms with van der Waals surface area (Å²) >= 11 is 1.48. The van der Waals surface area contributed by atoms with Crippen molar-refractivity contribution in [3.8, 4) is 11.5 Å². The number of phenolic OH excluding ortho intramolecular Hbond substituents is 2. The van der Waals surface area contributed by atoms with Crippen LogP contribution in [0.25, 0.3) is 0 Å². The van der Waals surface area contributed by atoms with Crippen LogP contribution in [0.5, 0.6) is 11.5 Å². The molecular formula is C36H58O2S. The highest BCUT2D eigenvalue weighted by Gasteiger charge is 2.19. The highest BCUT2D eigenvalue weighted by molar-refractivity contribution is 7.99. The molecule has 0 saturated heterocycles. The summed E-state index contributed by atoms with van der Waals surface area (Å²) < 4.78 is 0. The summed E-state index contributed by atoms with van der Waals surface area (Å²) in [6.07, 6.45) is 7.38. The Balaban J connectivity index is 2.09. The molecule has 2 rings (SSSR count). The zero-order chi connectivity index (χ0) is 29.3. The fourth-order valence-electron chi connectivity index (χ4n) is 6.80. The molecule has 2 N–H and O–H groups in total. The second-order valence-electron chi connectivity index (χ2n) is 14.0. The van der Waals surface area contributed by atoms with Crippen molar-refractivity contribution in [2.75, 3.05) is 0 Å². The van der Waals surface area contributed by atoms with Gasteiger partial charge in [0.2, 0.25) is 0 Å². The first-order chi connectivity index (χ1) is 18.2. The van der Waals surface area contributed by atoms with Crippen molar-refractivity contribution in [1.82, 2.24) is 0 Å². The molecule has 0 spiro atoms. The molecule has 0 bridgehead atoms. The Hall–Kier alpha value is -1.61. The molecule has 0 aliphatic heterocycles. The maximum absolute atomic E-state index is 10.7. The van der Waals surface area contributed by atoms with Crippen molar-refractivity contribution in [3.05, 3.63) is 47.5 Å². The van der Waals surface area contributed by atoms with Gasteiger partial charge in [-0.1, -0.05) is 93.1 Å². The van der Waals surface area contributed by atoms with E-state index in [1.165, 1.54) is 48.6 Å². The van der Waals surface area contributed by atoms with E-state index in [4.69, 9.17) is 0 Å². The lowest BCUT2D eigenvalue weighted by Crippen LogP contribution is -2.09. The van der Waals surface area contributed by atoms with E-state index in [1.54, 1.807) is 0 Å². The highest BCUT2D eigenvalue weighted by Crippen LogP contribution is 2.42. The molecule has 0 aliphatic carbocycles. The van der Waals surface area contributed by atoms with E-state index in [-0.39, 0.29) is 11.5 Å². The van der Waals surface area contributed by atoms with E-state index in [2.05, 4.69) is 93.5 Å². The van der Waals surface area contributed by atoms with E-state index < -0.39 is 0 Å². The van der Waals surface area contributed by atoms with Crippen molar-refractivity contribution >= 4 is 11.8 Å². The third kappa shape index (κ3) is 11.8. The third-order valence-corrected chi connectivity index (χ3v) is 9.29. The molecule has 0 fully saturated rings. The Kier molecular flexibility index (Phi) is 13.8. The highest BCUT2D eigenvalue weighted by atomic mass is 32.2. The Labute approximate surface area is 245 Å². The fourth-order valence-corrected chi connectivity index (χ4v) is 7.78. The van der Waals surface area contributed by atoms with E-state index in [0.717, 1.165) is 46.3 Å². The van der Waals surface area contributed by atoms with Crippen LogP contribution >= 0.6 is 11.8 Å². The maximum Gasteiger partial charge on any atom is 0.129 e. The molecule has 220 valence electrons. The van der Waals surface area contributed by atoms with Gasteiger partial charge in [-0.25, -0.2) is 0 Å². The van der Waals surface area contributed by atoms with Crippen LogP contribution in [0.2, 0.25) is 0 Å². The summed E-state index contributed by atoms with van der Waals surface area (Å²) in [4.78, 5) is 1.63. The summed E-state index contributed by atoms with van der Waals surface area (Å²) in [7, 11) is 0. The van der Waals surface area contributed by atoms with E-state index in [1.807, 2.05) is 12.1 Å². The second-order valence-corrected chi connectivity index (χ2v) is 15.1. The predicted molar refractivity (Wildman–Crippen MR) is 171 cm³/mol. The van der Waals surface area contributed by atoms with Crippen LogP contribution in [0.3, 0.4) is 0 Å². The van der Waals surface area contributed by atoms with Crippen molar-refractivity contribution in [2.45, 2.75) is 129 Å². The number of rotatable bonds is 16. The number of hydrogen-bond donors (Lipinski definition) is 2. The minimum absolute atomic E-state index is 0.278. The summed E-state index contributed by atoms with van der Waals surface area (Å²) in [5, 5.41) is 21.4. The summed E-state index contributed by atoms with van der Waals surface area (Å²) in [6.45, 7) is 23.3. The number of phenols is 2. The van der Waals surface area contributed by atoms with Crippen LogP contribution in [0.4, 0.5) is 0 Å². The van der Waals surface area contributed by atoms with Crippen molar-refractivity contribution < 1.29 is 10.2 Å². The SMILES string of the molecule is CC(C)CC(C)CC(C)CC(C)c1ccc(O)c(Sc2cc(C(C)CC(C)CC(C)CC(C)C)ccc2O)c1. The zero-order valence-electron chi connectivity index (χ0n) is 26.6. The van der Waals surface area contributed by atoms with E-state index in [9.17, 15) is 10.2 Å². The van der Waals surface area contributed by atoms with Crippen molar-refractivity contribution in [2.24, 2.45) is 35.5 Å². The van der Waals surface area contributed by atoms with Crippen LogP contribution in [0, 0.1) is 35.5 Å². The van der Waals surface area contributed by atoms with Crippen LogP contribution < -0.4 is 0 Å². The minimum atomic E-state index is 0.278. The molecule has 6 atom stereocenters. The maximum atomic E-state index is 10.7.